The van der Waals surface area contributed by atoms with E-state index >= 15 is 0 Å². The van der Waals surface area contributed by atoms with Gasteiger partial charge in [-0.3, -0.25) is 13.8 Å². The topological polar surface area (TPSA) is 44.8 Å². The van der Waals surface area contributed by atoms with E-state index in [1.165, 1.54) is 0 Å². The molecular weight excluding hydrogens is 253 g/mol. The van der Waals surface area contributed by atoms with Crippen LogP contribution in [-0.2, 0) is 18.4 Å². The Morgan fingerprint density at radius 3 is 2.61 bits per heavy atom. The summed E-state index contributed by atoms with van der Waals surface area (Å²) < 4.78 is 16.8. The van der Waals surface area contributed by atoms with Gasteiger partial charge in [0, 0.05) is 6.08 Å². The van der Waals surface area contributed by atoms with Crippen LogP contribution in [-0.4, -0.2) is 50.7 Å². The van der Waals surface area contributed by atoms with Gasteiger partial charge in [0.05, 0.1) is 34.4 Å². The summed E-state index contributed by atoms with van der Waals surface area (Å²) in [6, 6.07) is 0. The molecule has 1 saturated heterocycles. The molecule has 0 saturated carbocycles. The normalized spacial score (nSPS) is 26.3. The summed E-state index contributed by atoms with van der Waals surface area (Å²) in [5.41, 5.74) is 0.717. The van der Waals surface area contributed by atoms with Gasteiger partial charge in [-0.05, 0) is 12.5 Å². The average Bonchev–Trinajstić information content (AvgIpc) is 2.32. The Kier molecular flexibility index (Phi) is 4.30. The molecule has 2 aliphatic rings. The molecule has 100 valence electrons. The Morgan fingerprint density at radius 1 is 1.33 bits per heavy atom. The second-order valence-electron chi connectivity index (χ2n) is 5.08. The van der Waals surface area contributed by atoms with Gasteiger partial charge < -0.3 is 9.05 Å². The van der Waals surface area contributed by atoms with Crippen LogP contribution in [0.3, 0.4) is 0 Å². The molecule has 1 heterocycles. The summed E-state index contributed by atoms with van der Waals surface area (Å²) in [5, 5.41) is 0. The maximum atomic E-state index is 12.3. The monoisotopic (exact) mass is 272 g/mol. The summed E-state index contributed by atoms with van der Waals surface area (Å²) >= 11 is 0. The minimum absolute atomic E-state index is 0.0229. The van der Waals surface area contributed by atoms with Crippen LogP contribution in [0.5, 0.6) is 0 Å². The van der Waals surface area contributed by atoms with Crippen molar-refractivity contribution in [2.75, 3.05) is 34.4 Å². The molecule has 0 radical (unpaired) electrons. The lowest BCUT2D eigenvalue weighted by molar-refractivity contribution is -0.826. The Labute approximate surface area is 109 Å². The molecular formula is C12H19NO4P+. The highest BCUT2D eigenvalue weighted by molar-refractivity contribution is 7.41. The van der Waals surface area contributed by atoms with E-state index < -0.39 is 14.7 Å². The molecule has 0 N–H and O–H groups in total. The third-order valence-electron chi connectivity index (χ3n) is 2.66. The number of carbonyl (C=O) groups excluding carboxylic acids is 1. The first-order valence-electron chi connectivity index (χ1n) is 5.96. The van der Waals surface area contributed by atoms with Crippen molar-refractivity contribution in [1.29, 1.82) is 0 Å². The van der Waals surface area contributed by atoms with Crippen LogP contribution in [0.1, 0.15) is 6.42 Å². The van der Waals surface area contributed by atoms with E-state index in [0.717, 1.165) is 12.1 Å². The number of hydrogen-bond acceptors (Lipinski definition) is 4. The highest BCUT2D eigenvalue weighted by Gasteiger charge is 2.35. The third-order valence-corrected chi connectivity index (χ3v) is 3.84. The maximum Gasteiger partial charge on any atom is 0.333 e. The molecule has 1 unspecified atom stereocenters. The zero-order chi connectivity index (χ0) is 13.2. The molecule has 2 rings (SSSR count). The van der Waals surface area contributed by atoms with Crippen molar-refractivity contribution in [2.24, 2.45) is 0 Å². The summed E-state index contributed by atoms with van der Waals surface area (Å²) in [6.45, 7) is 1.27. The van der Waals surface area contributed by atoms with Crippen molar-refractivity contribution in [1.82, 2.24) is 0 Å². The summed E-state index contributed by atoms with van der Waals surface area (Å²) in [4.78, 5) is 12.3. The Morgan fingerprint density at radius 2 is 2.00 bits per heavy atom. The Hall–Kier alpha value is -0.580. The largest absolute Gasteiger partial charge is 0.333 e. The quantitative estimate of drug-likeness (QED) is 0.580. The van der Waals surface area contributed by atoms with Crippen LogP contribution in [0.15, 0.2) is 23.9 Å². The van der Waals surface area contributed by atoms with Crippen molar-refractivity contribution in [3.63, 3.8) is 0 Å². The second kappa shape index (κ2) is 5.59. The number of allylic oxidation sites excluding steroid dienone is 2. The fourth-order valence-corrected chi connectivity index (χ4v) is 2.83. The van der Waals surface area contributed by atoms with Gasteiger partial charge in [0.2, 0.25) is 5.78 Å². The van der Waals surface area contributed by atoms with Crippen molar-refractivity contribution in [3.8, 4) is 0 Å². The first-order chi connectivity index (χ1) is 8.48. The van der Waals surface area contributed by atoms with Gasteiger partial charge in [-0.25, -0.2) is 0 Å². The van der Waals surface area contributed by atoms with Crippen LogP contribution in [0.25, 0.3) is 0 Å². The summed E-state index contributed by atoms with van der Waals surface area (Å²) in [7, 11) is 4.49. The Balaban J connectivity index is 2.01. The first kappa shape index (κ1) is 13.8. The van der Waals surface area contributed by atoms with Gasteiger partial charge in [0.15, 0.2) is 11.8 Å². The van der Waals surface area contributed by atoms with Gasteiger partial charge in [0.25, 0.3) is 0 Å². The molecule has 0 aromatic heterocycles. The molecule has 6 heteroatoms. The number of nitrogens with zero attached hydrogens (tertiary/aromatic N) is 1. The molecule has 5 nitrogen and oxygen atoms in total. The average molecular weight is 272 g/mol. The van der Waals surface area contributed by atoms with Gasteiger partial charge >= 0.3 is 8.60 Å². The number of rotatable bonds is 3. The lowest BCUT2D eigenvalue weighted by Gasteiger charge is -2.30. The molecule has 0 bridgehead atoms. The molecule has 18 heavy (non-hydrogen) atoms. The molecule has 0 spiro atoms. The maximum absolute atomic E-state index is 12.3. The zero-order valence-corrected chi connectivity index (χ0v) is 11.9. The molecule has 1 fully saturated rings. The molecule has 0 aromatic carbocycles. The summed E-state index contributed by atoms with van der Waals surface area (Å²) in [5.74, 6) is -0.0229. The highest BCUT2D eigenvalue weighted by atomic mass is 31.2. The van der Waals surface area contributed by atoms with E-state index in [0.29, 0.717) is 17.7 Å². The van der Waals surface area contributed by atoms with Gasteiger partial charge in [-0.1, -0.05) is 6.08 Å². The van der Waals surface area contributed by atoms with Crippen LogP contribution in [0, 0.1) is 0 Å². The molecule has 1 atom stereocenters. The van der Waals surface area contributed by atoms with E-state index in [9.17, 15) is 4.79 Å². The number of ketones is 1. The van der Waals surface area contributed by atoms with Crippen molar-refractivity contribution < 1.29 is 22.8 Å². The standard InChI is InChI=1S/C12H19NO4P/c1-13(2,3)10-6-4-7-11(12(10)14)17-18-15-8-5-9-16-18/h4,6-7,11H,5,8-9H2,1-3H3/q+1. The number of Topliss-reactive ketones (excluding diaryl/α,β-unsaturated/α-hetero) is 1. The molecule has 0 amide bonds. The SMILES string of the molecule is C[N+](C)(C)C1=CC=CC(OP2OCCCO2)C1=O. The summed E-state index contributed by atoms with van der Waals surface area (Å²) in [6.07, 6.45) is 5.71. The van der Waals surface area contributed by atoms with Gasteiger partial charge in [-0.2, -0.15) is 0 Å². The van der Waals surface area contributed by atoms with Crippen LogP contribution in [0.2, 0.25) is 0 Å². The lowest BCUT2D eigenvalue weighted by atomic mass is 10.1. The number of hydrogen-bond donors (Lipinski definition) is 0. The van der Waals surface area contributed by atoms with Crippen LogP contribution in [0.4, 0.5) is 0 Å². The van der Waals surface area contributed by atoms with Crippen molar-refractivity contribution >= 4 is 14.4 Å². The van der Waals surface area contributed by atoms with Crippen LogP contribution < -0.4 is 0 Å². The smallest absolute Gasteiger partial charge is 0.312 e. The van der Waals surface area contributed by atoms with Crippen LogP contribution >= 0.6 is 8.60 Å². The molecule has 1 aliphatic heterocycles. The van der Waals surface area contributed by atoms with Crippen molar-refractivity contribution in [2.45, 2.75) is 12.5 Å². The fourth-order valence-electron chi connectivity index (χ4n) is 1.73. The predicted molar refractivity (Wildman–Crippen MR) is 68.6 cm³/mol. The van der Waals surface area contributed by atoms with Crippen molar-refractivity contribution in [3.05, 3.63) is 23.9 Å². The fraction of sp³-hybridized carbons (Fsp3) is 0.583. The van der Waals surface area contributed by atoms with E-state index in [1.54, 1.807) is 6.08 Å². The number of carbonyl (C=O) groups is 1. The minimum Gasteiger partial charge on any atom is -0.312 e. The predicted octanol–water partition coefficient (Wildman–Crippen LogP) is 1.76. The molecule has 0 aromatic rings. The van der Waals surface area contributed by atoms with E-state index in [4.69, 9.17) is 13.6 Å². The zero-order valence-electron chi connectivity index (χ0n) is 11.0. The number of quaternary nitrogens is 1. The lowest BCUT2D eigenvalue weighted by Crippen LogP contribution is -2.42. The Bertz CT molecular complexity index is 380. The van der Waals surface area contributed by atoms with E-state index in [-0.39, 0.29) is 5.78 Å². The minimum atomic E-state index is -1.38. The van der Waals surface area contributed by atoms with E-state index in [2.05, 4.69) is 0 Å². The highest BCUT2D eigenvalue weighted by Crippen LogP contribution is 2.44. The van der Waals surface area contributed by atoms with Gasteiger partial charge in [0.1, 0.15) is 0 Å². The first-order valence-corrected chi connectivity index (χ1v) is 7.05. The van der Waals surface area contributed by atoms with Gasteiger partial charge in [-0.15, -0.1) is 0 Å². The number of likely N-dealkylation sites (N-methyl/N-ethyl adjacent to an activating group) is 1. The second-order valence-corrected chi connectivity index (χ2v) is 6.26. The molecule has 1 aliphatic carbocycles. The van der Waals surface area contributed by atoms with E-state index in [1.807, 2.05) is 33.3 Å². The third kappa shape index (κ3) is 3.25.